The molecular formula is C14H12N2. The first-order valence-electron chi connectivity index (χ1n) is 5.36. The smallest absolute Gasteiger partial charge is 0.0798 e. The van der Waals surface area contributed by atoms with E-state index < -0.39 is 0 Å². The zero-order chi connectivity index (χ0) is 11.1. The van der Waals surface area contributed by atoms with Crippen LogP contribution in [0.2, 0.25) is 0 Å². The number of pyridine rings is 2. The highest BCUT2D eigenvalue weighted by Crippen LogP contribution is 2.29. The van der Waals surface area contributed by atoms with E-state index in [1.807, 2.05) is 24.7 Å². The predicted octanol–water partition coefficient (Wildman–Crippen LogP) is 3.40. The molecule has 0 aliphatic heterocycles. The summed E-state index contributed by atoms with van der Waals surface area (Å²) in [6.45, 7) is 4.31. The summed E-state index contributed by atoms with van der Waals surface area (Å²) in [7, 11) is 0. The van der Waals surface area contributed by atoms with E-state index in [1.165, 1.54) is 21.9 Å². The van der Waals surface area contributed by atoms with Gasteiger partial charge in [-0.1, -0.05) is 6.07 Å². The Morgan fingerprint density at radius 3 is 2.56 bits per heavy atom. The van der Waals surface area contributed by atoms with Gasteiger partial charge in [-0.15, -0.1) is 0 Å². The summed E-state index contributed by atoms with van der Waals surface area (Å²) < 4.78 is 0. The van der Waals surface area contributed by atoms with Gasteiger partial charge in [0.1, 0.15) is 0 Å². The van der Waals surface area contributed by atoms with Gasteiger partial charge in [0.25, 0.3) is 0 Å². The normalized spacial score (nSPS) is 11.1. The lowest BCUT2D eigenvalue weighted by Gasteiger charge is -2.10. The fraction of sp³-hybridized carbons (Fsp3) is 0.143. The summed E-state index contributed by atoms with van der Waals surface area (Å²) in [5, 5.41) is 3.61. The van der Waals surface area contributed by atoms with Crippen LogP contribution in [-0.4, -0.2) is 9.97 Å². The van der Waals surface area contributed by atoms with E-state index in [0.717, 1.165) is 10.9 Å². The van der Waals surface area contributed by atoms with E-state index in [9.17, 15) is 0 Å². The van der Waals surface area contributed by atoms with Gasteiger partial charge in [-0.05, 0) is 42.5 Å². The molecule has 0 spiro atoms. The van der Waals surface area contributed by atoms with Crippen molar-refractivity contribution < 1.29 is 0 Å². The van der Waals surface area contributed by atoms with E-state index >= 15 is 0 Å². The Bertz CT molecular complexity index is 626. The number of nitrogens with zero attached hydrogens (tertiary/aromatic N) is 2. The van der Waals surface area contributed by atoms with Crippen molar-refractivity contribution in [2.75, 3.05) is 0 Å². The Kier molecular flexibility index (Phi) is 1.90. The quantitative estimate of drug-likeness (QED) is 0.529. The molecule has 0 radical (unpaired) electrons. The summed E-state index contributed by atoms with van der Waals surface area (Å²) in [4.78, 5) is 8.67. The van der Waals surface area contributed by atoms with E-state index in [1.54, 1.807) is 0 Å². The Labute approximate surface area is 94.0 Å². The summed E-state index contributed by atoms with van der Waals surface area (Å²) in [5.41, 5.74) is 3.67. The lowest BCUT2D eigenvalue weighted by atomic mass is 9.97. The molecule has 0 atom stereocenters. The van der Waals surface area contributed by atoms with Crippen LogP contribution in [0.1, 0.15) is 11.1 Å². The molecular weight excluding hydrogens is 196 g/mol. The summed E-state index contributed by atoms with van der Waals surface area (Å²) in [6, 6.07) is 6.17. The molecule has 0 bridgehead atoms. The lowest BCUT2D eigenvalue weighted by molar-refractivity contribution is 1.33. The molecule has 78 valence electrons. The molecule has 16 heavy (non-hydrogen) atoms. The van der Waals surface area contributed by atoms with Crippen LogP contribution in [0.3, 0.4) is 0 Å². The van der Waals surface area contributed by atoms with Crippen molar-refractivity contribution in [1.29, 1.82) is 0 Å². The molecule has 0 aliphatic carbocycles. The van der Waals surface area contributed by atoms with Gasteiger partial charge < -0.3 is 0 Å². The van der Waals surface area contributed by atoms with Gasteiger partial charge in [-0.2, -0.15) is 0 Å². The number of aromatic nitrogens is 2. The SMILES string of the molecule is Cc1c(C)c2cccnc2c2cnccc12. The Hall–Kier alpha value is -1.96. The van der Waals surface area contributed by atoms with E-state index in [-0.39, 0.29) is 0 Å². The molecule has 2 heterocycles. The van der Waals surface area contributed by atoms with Gasteiger partial charge >= 0.3 is 0 Å². The van der Waals surface area contributed by atoms with Crippen molar-refractivity contribution in [3.05, 3.63) is 47.9 Å². The number of aryl methyl sites for hydroxylation is 2. The largest absolute Gasteiger partial charge is 0.264 e. The maximum Gasteiger partial charge on any atom is 0.0798 e. The lowest BCUT2D eigenvalue weighted by Crippen LogP contribution is -1.90. The minimum absolute atomic E-state index is 1.05. The first-order chi connectivity index (χ1) is 7.79. The minimum Gasteiger partial charge on any atom is -0.264 e. The number of hydrogen-bond donors (Lipinski definition) is 0. The standard InChI is InChI=1S/C14H12N2/c1-9-10(2)12-4-3-6-16-14(12)13-8-15-7-5-11(9)13/h3-8H,1-2H3. The third-order valence-corrected chi connectivity index (χ3v) is 3.25. The van der Waals surface area contributed by atoms with Gasteiger partial charge in [0.2, 0.25) is 0 Å². The van der Waals surface area contributed by atoms with Crippen molar-refractivity contribution in [2.45, 2.75) is 13.8 Å². The van der Waals surface area contributed by atoms with Crippen molar-refractivity contribution in [1.82, 2.24) is 9.97 Å². The maximum absolute atomic E-state index is 4.47. The van der Waals surface area contributed by atoms with Crippen LogP contribution in [0.5, 0.6) is 0 Å². The van der Waals surface area contributed by atoms with Gasteiger partial charge in [0.15, 0.2) is 0 Å². The monoisotopic (exact) mass is 208 g/mol. The topological polar surface area (TPSA) is 25.8 Å². The Morgan fingerprint density at radius 1 is 0.875 bits per heavy atom. The number of rotatable bonds is 0. The molecule has 0 aliphatic rings. The van der Waals surface area contributed by atoms with Crippen molar-refractivity contribution in [3.8, 4) is 0 Å². The van der Waals surface area contributed by atoms with Gasteiger partial charge in [0.05, 0.1) is 5.52 Å². The zero-order valence-electron chi connectivity index (χ0n) is 9.36. The molecule has 2 heteroatoms. The molecule has 2 nitrogen and oxygen atoms in total. The maximum atomic E-state index is 4.47. The molecule has 3 rings (SSSR count). The van der Waals surface area contributed by atoms with Crippen molar-refractivity contribution >= 4 is 21.7 Å². The van der Waals surface area contributed by atoms with Crippen molar-refractivity contribution in [2.24, 2.45) is 0 Å². The average molecular weight is 208 g/mol. The second-order valence-electron chi connectivity index (χ2n) is 4.07. The molecule has 0 amide bonds. The van der Waals surface area contributed by atoms with Crippen LogP contribution >= 0.6 is 0 Å². The first kappa shape index (κ1) is 9.28. The van der Waals surface area contributed by atoms with E-state index in [2.05, 4.69) is 35.9 Å². The predicted molar refractivity (Wildman–Crippen MR) is 66.5 cm³/mol. The third-order valence-electron chi connectivity index (χ3n) is 3.25. The van der Waals surface area contributed by atoms with Crippen LogP contribution < -0.4 is 0 Å². The highest BCUT2D eigenvalue weighted by atomic mass is 14.7. The van der Waals surface area contributed by atoms with Gasteiger partial charge in [0, 0.05) is 29.4 Å². The number of hydrogen-bond acceptors (Lipinski definition) is 2. The van der Waals surface area contributed by atoms with Gasteiger partial charge in [-0.3, -0.25) is 9.97 Å². The molecule has 0 unspecified atom stereocenters. The Balaban J connectivity index is 2.69. The van der Waals surface area contributed by atoms with E-state index in [4.69, 9.17) is 0 Å². The van der Waals surface area contributed by atoms with Crippen LogP contribution in [0.4, 0.5) is 0 Å². The third kappa shape index (κ3) is 1.13. The van der Waals surface area contributed by atoms with Crippen molar-refractivity contribution in [3.63, 3.8) is 0 Å². The highest BCUT2D eigenvalue weighted by molar-refractivity contribution is 6.07. The molecule has 2 aromatic heterocycles. The average Bonchev–Trinajstić information content (AvgIpc) is 2.36. The summed E-state index contributed by atoms with van der Waals surface area (Å²) in [6.07, 6.45) is 5.57. The fourth-order valence-electron chi connectivity index (χ4n) is 2.24. The fourth-order valence-corrected chi connectivity index (χ4v) is 2.24. The van der Waals surface area contributed by atoms with Crippen LogP contribution in [0, 0.1) is 13.8 Å². The summed E-state index contributed by atoms with van der Waals surface area (Å²) >= 11 is 0. The second kappa shape index (κ2) is 3.27. The molecule has 0 saturated carbocycles. The first-order valence-corrected chi connectivity index (χ1v) is 5.36. The zero-order valence-corrected chi connectivity index (χ0v) is 9.36. The van der Waals surface area contributed by atoms with Gasteiger partial charge in [-0.25, -0.2) is 0 Å². The number of benzene rings is 1. The number of fused-ring (bicyclic) bond motifs is 3. The van der Waals surface area contributed by atoms with Crippen LogP contribution in [0.25, 0.3) is 21.7 Å². The Morgan fingerprint density at radius 2 is 1.69 bits per heavy atom. The van der Waals surface area contributed by atoms with Crippen LogP contribution in [-0.2, 0) is 0 Å². The minimum atomic E-state index is 1.05. The molecule has 0 N–H and O–H groups in total. The highest BCUT2D eigenvalue weighted by Gasteiger charge is 2.08. The van der Waals surface area contributed by atoms with E-state index in [0.29, 0.717) is 0 Å². The molecule has 0 saturated heterocycles. The second-order valence-corrected chi connectivity index (χ2v) is 4.07. The van der Waals surface area contributed by atoms with Crippen LogP contribution in [0.15, 0.2) is 36.8 Å². The molecule has 0 fully saturated rings. The molecule has 1 aromatic carbocycles. The molecule has 3 aromatic rings. The summed E-state index contributed by atoms with van der Waals surface area (Å²) in [5.74, 6) is 0.